The van der Waals surface area contributed by atoms with E-state index in [-0.39, 0.29) is 0 Å². The minimum absolute atomic E-state index is 1.13. The molecule has 0 radical (unpaired) electrons. The van der Waals surface area contributed by atoms with Gasteiger partial charge in [0, 0.05) is 21.2 Å². The van der Waals surface area contributed by atoms with Gasteiger partial charge in [-0.2, -0.15) is 0 Å². The molecule has 0 fully saturated rings. The third-order valence-electron chi connectivity index (χ3n) is 10.0. The van der Waals surface area contributed by atoms with Gasteiger partial charge in [-0.25, -0.2) is 0 Å². The maximum absolute atomic E-state index is 2.71. The Labute approximate surface area is 305 Å². The predicted molar refractivity (Wildman–Crippen MR) is 220 cm³/mol. The molecule has 8 aromatic rings. The van der Waals surface area contributed by atoms with Crippen molar-refractivity contribution in [3.63, 3.8) is 0 Å². The first-order valence-corrected chi connectivity index (χ1v) is 20.3. The van der Waals surface area contributed by atoms with E-state index in [1.54, 1.807) is 0 Å². The van der Waals surface area contributed by atoms with E-state index in [0.717, 1.165) is 11.4 Å². The average molecular weight is 686 g/mol. The molecule has 1 heterocycles. The largest absolute Gasteiger partial charge is 0.309 e. The Hall–Kier alpha value is -5.87. The first kappa shape index (κ1) is 31.1. The highest BCUT2D eigenvalue weighted by Crippen LogP contribution is 2.45. The van der Waals surface area contributed by atoms with Gasteiger partial charge in [-0.3, -0.25) is 0 Å². The number of hydrogen-bond donors (Lipinski definition) is 0. The van der Waals surface area contributed by atoms with Crippen molar-refractivity contribution in [2.45, 2.75) is 9.79 Å². The Bertz CT molecular complexity index is 2290. The topological polar surface area (TPSA) is 3.24 Å². The van der Waals surface area contributed by atoms with Crippen molar-refractivity contribution in [3.8, 4) is 22.3 Å². The van der Waals surface area contributed by atoms with Crippen LogP contribution < -0.4 is 25.6 Å². The molecule has 1 nitrogen and oxygen atoms in total. The lowest BCUT2D eigenvalue weighted by molar-refractivity contribution is 1.23. The standard InChI is InChI=1S/C48H35NSSi/c1-5-16-36(17-6-1)38-28-32-40(33-29-38)49(41-34-30-39(31-35-41)37-18-7-2-8-19-37)44-24-15-27-47-48(44)50-45-25-13-14-26-46(45)51(47,42-20-9-3-10-21-42)43-22-11-4-12-23-43/h1-35H. The van der Waals surface area contributed by atoms with Crippen LogP contribution in [-0.2, 0) is 0 Å². The zero-order valence-corrected chi connectivity index (χ0v) is 29.9. The van der Waals surface area contributed by atoms with Gasteiger partial charge in [-0.15, -0.1) is 0 Å². The molecule has 0 unspecified atom stereocenters. The quantitative estimate of drug-likeness (QED) is 0.154. The monoisotopic (exact) mass is 685 g/mol. The van der Waals surface area contributed by atoms with E-state index in [0.29, 0.717) is 0 Å². The molecule has 242 valence electrons. The summed E-state index contributed by atoms with van der Waals surface area (Å²) in [5.41, 5.74) is 8.29. The van der Waals surface area contributed by atoms with Crippen LogP contribution in [0.1, 0.15) is 0 Å². The maximum Gasteiger partial charge on any atom is 0.181 e. The van der Waals surface area contributed by atoms with Gasteiger partial charge < -0.3 is 4.90 Å². The van der Waals surface area contributed by atoms with Crippen LogP contribution in [0.2, 0.25) is 0 Å². The number of fused-ring (bicyclic) bond motifs is 2. The molecule has 8 aromatic carbocycles. The molecule has 51 heavy (non-hydrogen) atoms. The van der Waals surface area contributed by atoms with Crippen LogP contribution >= 0.6 is 11.8 Å². The van der Waals surface area contributed by atoms with Gasteiger partial charge >= 0.3 is 0 Å². The Morgan fingerprint density at radius 2 is 0.745 bits per heavy atom. The molecular formula is C48H35NSSi. The number of benzene rings is 8. The van der Waals surface area contributed by atoms with Crippen molar-refractivity contribution in [3.05, 3.63) is 212 Å². The zero-order valence-electron chi connectivity index (χ0n) is 28.1. The molecule has 0 spiro atoms. The fourth-order valence-corrected chi connectivity index (χ4v) is 14.8. The second kappa shape index (κ2) is 13.4. The van der Waals surface area contributed by atoms with Crippen molar-refractivity contribution >= 4 is 57.6 Å². The SMILES string of the molecule is c1ccc(-c2ccc(N(c3ccc(-c4ccccc4)cc3)c3cccc4c3Sc3ccccc3[Si]4(c3ccccc3)c3ccccc3)cc2)cc1. The smallest absolute Gasteiger partial charge is 0.181 e. The van der Waals surface area contributed by atoms with E-state index in [4.69, 9.17) is 0 Å². The summed E-state index contributed by atoms with van der Waals surface area (Å²) in [5.74, 6) is 0. The van der Waals surface area contributed by atoms with Gasteiger partial charge in [0.2, 0.25) is 0 Å². The minimum Gasteiger partial charge on any atom is -0.309 e. The van der Waals surface area contributed by atoms with E-state index < -0.39 is 8.07 Å². The third kappa shape index (κ3) is 5.52. The summed E-state index contributed by atoms with van der Waals surface area (Å²) in [7, 11) is -2.71. The molecule has 0 saturated heterocycles. The summed E-state index contributed by atoms with van der Waals surface area (Å²) in [5, 5.41) is 5.66. The molecule has 0 bridgehead atoms. The van der Waals surface area contributed by atoms with Gasteiger partial charge in [-0.05, 0) is 79.4 Å². The van der Waals surface area contributed by atoms with E-state index in [2.05, 4.69) is 217 Å². The fourth-order valence-electron chi connectivity index (χ4n) is 7.68. The van der Waals surface area contributed by atoms with E-state index >= 15 is 0 Å². The molecule has 0 N–H and O–H groups in total. The van der Waals surface area contributed by atoms with Crippen LogP contribution in [0.15, 0.2) is 222 Å². The molecule has 3 heteroatoms. The maximum atomic E-state index is 2.46. The molecular weight excluding hydrogens is 651 g/mol. The summed E-state index contributed by atoms with van der Waals surface area (Å²) in [6.45, 7) is 0. The molecule has 0 aliphatic carbocycles. The van der Waals surface area contributed by atoms with Gasteiger partial charge in [0.05, 0.1) is 5.69 Å². The summed E-state index contributed by atoms with van der Waals surface area (Å²) in [6.07, 6.45) is 0. The lowest BCUT2D eigenvalue weighted by atomic mass is 10.0. The van der Waals surface area contributed by atoms with Crippen LogP contribution in [0.5, 0.6) is 0 Å². The molecule has 0 amide bonds. The summed E-state index contributed by atoms with van der Waals surface area (Å²) in [6, 6.07) is 77.9. The van der Waals surface area contributed by atoms with Crippen LogP contribution in [0.4, 0.5) is 17.1 Å². The molecule has 0 saturated carbocycles. The first-order valence-electron chi connectivity index (χ1n) is 17.4. The Kier molecular flexibility index (Phi) is 8.21. The second-order valence-electron chi connectivity index (χ2n) is 12.9. The Morgan fingerprint density at radius 1 is 0.333 bits per heavy atom. The summed E-state index contributed by atoms with van der Waals surface area (Å²) < 4.78 is 0. The van der Waals surface area contributed by atoms with Gasteiger partial charge in [0.25, 0.3) is 0 Å². The first-order chi connectivity index (χ1) is 25.3. The van der Waals surface area contributed by atoms with E-state index in [1.807, 2.05) is 11.8 Å². The van der Waals surface area contributed by atoms with Crippen molar-refractivity contribution < 1.29 is 0 Å². The summed E-state index contributed by atoms with van der Waals surface area (Å²) in [4.78, 5) is 5.10. The summed E-state index contributed by atoms with van der Waals surface area (Å²) >= 11 is 1.91. The van der Waals surface area contributed by atoms with Crippen LogP contribution in [0.25, 0.3) is 22.3 Å². The van der Waals surface area contributed by atoms with Crippen LogP contribution in [0.3, 0.4) is 0 Å². The number of rotatable bonds is 7. The number of hydrogen-bond acceptors (Lipinski definition) is 2. The van der Waals surface area contributed by atoms with Crippen LogP contribution in [-0.4, -0.2) is 8.07 Å². The lowest BCUT2D eigenvalue weighted by Gasteiger charge is -2.41. The Morgan fingerprint density at radius 3 is 1.25 bits per heavy atom. The molecule has 1 aliphatic heterocycles. The van der Waals surface area contributed by atoms with E-state index in [9.17, 15) is 0 Å². The van der Waals surface area contributed by atoms with Crippen molar-refractivity contribution in [1.82, 2.24) is 0 Å². The highest BCUT2D eigenvalue weighted by atomic mass is 32.2. The van der Waals surface area contributed by atoms with Crippen molar-refractivity contribution in [1.29, 1.82) is 0 Å². The van der Waals surface area contributed by atoms with Crippen LogP contribution in [0, 0.1) is 0 Å². The zero-order chi connectivity index (χ0) is 34.0. The van der Waals surface area contributed by atoms with Gasteiger partial charge in [0.1, 0.15) is 0 Å². The second-order valence-corrected chi connectivity index (χ2v) is 17.7. The Balaban J connectivity index is 1.28. The van der Waals surface area contributed by atoms with E-state index in [1.165, 1.54) is 58.5 Å². The molecule has 1 aliphatic rings. The highest BCUT2D eigenvalue weighted by Gasteiger charge is 2.47. The fraction of sp³-hybridized carbons (Fsp3) is 0. The normalized spacial score (nSPS) is 12.8. The third-order valence-corrected chi connectivity index (χ3v) is 16.5. The lowest BCUT2D eigenvalue weighted by Crippen LogP contribution is -2.76. The minimum atomic E-state index is -2.71. The van der Waals surface area contributed by atoms with Gasteiger partial charge in [0.15, 0.2) is 8.07 Å². The molecule has 0 atom stereocenters. The van der Waals surface area contributed by atoms with Crippen molar-refractivity contribution in [2.24, 2.45) is 0 Å². The molecule has 0 aromatic heterocycles. The number of nitrogens with zero attached hydrogens (tertiary/aromatic N) is 1. The van der Waals surface area contributed by atoms with Gasteiger partial charge in [-0.1, -0.05) is 188 Å². The molecule has 9 rings (SSSR count). The highest BCUT2D eigenvalue weighted by molar-refractivity contribution is 8.00. The predicted octanol–water partition coefficient (Wildman–Crippen LogP) is 10.3. The average Bonchev–Trinajstić information content (AvgIpc) is 3.22. The van der Waals surface area contributed by atoms with Crippen molar-refractivity contribution in [2.75, 3.05) is 4.90 Å². The number of anilines is 3.